The number of aromatic hydroxyl groups is 2. The second-order valence-electron chi connectivity index (χ2n) is 11.0. The van der Waals surface area contributed by atoms with Gasteiger partial charge in [0.25, 0.3) is 0 Å². The summed E-state index contributed by atoms with van der Waals surface area (Å²) in [6.07, 6.45) is 5.15. The molecule has 2 rings (SSSR count). The zero-order valence-corrected chi connectivity index (χ0v) is 24.5. The molecule has 211 valence electrons. The maximum Gasteiger partial charge on any atom is 2.00 e. The summed E-state index contributed by atoms with van der Waals surface area (Å²) in [6, 6.07) is 11.3. The Bertz CT molecular complexity index is 990. The molecule has 0 unspecified atom stereocenters. The van der Waals surface area contributed by atoms with E-state index in [1.54, 1.807) is 24.6 Å². The van der Waals surface area contributed by atoms with Crippen molar-refractivity contribution in [3.05, 3.63) is 58.7 Å². The van der Waals surface area contributed by atoms with Crippen LogP contribution < -0.4 is 10.2 Å². The largest absolute Gasteiger partial charge is 2.00 e. The Morgan fingerprint density at radius 1 is 0.737 bits per heavy atom. The number of rotatable bonds is 6. The molecule has 0 fully saturated rings. The number of phenols is 2. The number of aliphatic imine (C=N–C) groups is 2. The SMILES string of the molecule is CC(=O)[O-].CC(=O)[O-].CC(C)(C)Cc1ccc(O)c(C=NCN=Cc2cc(CC(C)(C)C)ccc2O)c1.[Co+2]. The van der Waals surface area contributed by atoms with Crippen LogP contribution in [0.3, 0.4) is 0 Å². The summed E-state index contributed by atoms with van der Waals surface area (Å²) in [5.41, 5.74) is 4.08. The van der Waals surface area contributed by atoms with E-state index < -0.39 is 11.9 Å². The zero-order valence-electron chi connectivity index (χ0n) is 23.5. The van der Waals surface area contributed by atoms with E-state index in [2.05, 4.69) is 51.5 Å². The minimum Gasteiger partial charge on any atom is -0.550 e. The Kier molecular flexibility index (Phi) is 16.9. The van der Waals surface area contributed by atoms with Crippen molar-refractivity contribution in [3.8, 4) is 11.5 Å². The summed E-state index contributed by atoms with van der Waals surface area (Å²) < 4.78 is 0. The quantitative estimate of drug-likeness (QED) is 0.509. The first-order valence-corrected chi connectivity index (χ1v) is 11.9. The van der Waals surface area contributed by atoms with Gasteiger partial charge in [0.05, 0.1) is 0 Å². The van der Waals surface area contributed by atoms with E-state index in [0.29, 0.717) is 11.1 Å². The molecular weight excluding hydrogens is 531 g/mol. The molecule has 0 heterocycles. The fourth-order valence-electron chi connectivity index (χ4n) is 3.18. The molecule has 2 aromatic carbocycles. The number of carboxylic acid groups (broad SMARTS) is 2. The van der Waals surface area contributed by atoms with Gasteiger partial charge in [-0.2, -0.15) is 0 Å². The zero-order chi connectivity index (χ0) is 28.8. The number of hydrogen-bond acceptors (Lipinski definition) is 8. The first kappa shape index (κ1) is 37.0. The van der Waals surface area contributed by atoms with E-state index in [1.165, 1.54) is 11.1 Å². The van der Waals surface area contributed by atoms with Gasteiger partial charge < -0.3 is 30.0 Å². The van der Waals surface area contributed by atoms with Crippen LogP contribution in [0.25, 0.3) is 0 Å². The fourth-order valence-corrected chi connectivity index (χ4v) is 3.18. The van der Waals surface area contributed by atoms with Crippen LogP contribution in [-0.4, -0.2) is 41.2 Å². The molecule has 0 aliphatic carbocycles. The number of carbonyl (C=O) groups is 2. The van der Waals surface area contributed by atoms with Crippen LogP contribution in [0.15, 0.2) is 46.4 Å². The summed E-state index contributed by atoms with van der Waals surface area (Å²) in [7, 11) is 0. The molecule has 0 aliphatic heterocycles. The monoisotopic (exact) mass is 571 g/mol. The summed E-state index contributed by atoms with van der Waals surface area (Å²) in [5.74, 6) is -1.74. The third-order valence-electron chi connectivity index (χ3n) is 4.28. The molecule has 0 atom stereocenters. The first-order valence-electron chi connectivity index (χ1n) is 11.9. The molecular formula is C29H40CoN2O6. The predicted octanol–water partition coefficient (Wildman–Crippen LogP) is 3.28. The van der Waals surface area contributed by atoms with Crippen molar-refractivity contribution in [2.45, 2.75) is 68.2 Å². The Labute approximate surface area is 236 Å². The van der Waals surface area contributed by atoms with Crippen LogP contribution in [-0.2, 0) is 39.2 Å². The third kappa shape index (κ3) is 19.9. The molecule has 0 spiro atoms. The summed E-state index contributed by atoms with van der Waals surface area (Å²) >= 11 is 0. The van der Waals surface area contributed by atoms with Crippen LogP contribution in [0.1, 0.15) is 77.6 Å². The number of carbonyl (C=O) groups excluding carboxylic acids is 2. The van der Waals surface area contributed by atoms with Gasteiger partial charge in [-0.3, -0.25) is 9.98 Å². The molecule has 0 amide bonds. The first-order chi connectivity index (χ1) is 16.9. The van der Waals surface area contributed by atoms with Gasteiger partial charge in [-0.1, -0.05) is 53.7 Å². The smallest absolute Gasteiger partial charge is 0.550 e. The van der Waals surface area contributed by atoms with E-state index in [4.69, 9.17) is 19.8 Å². The number of hydrogen-bond donors (Lipinski definition) is 2. The van der Waals surface area contributed by atoms with Crippen LogP contribution in [0, 0.1) is 10.8 Å². The van der Waals surface area contributed by atoms with Crippen molar-refractivity contribution < 1.29 is 46.8 Å². The topological polar surface area (TPSA) is 145 Å². The Hall–Kier alpha value is -3.17. The molecule has 0 bridgehead atoms. The van der Waals surface area contributed by atoms with Crippen LogP contribution in [0.5, 0.6) is 11.5 Å². The van der Waals surface area contributed by atoms with E-state index >= 15 is 0 Å². The molecule has 8 nitrogen and oxygen atoms in total. The standard InChI is InChI=1S/C25H34N2O2.2C2H4O2.Co/c1-24(2,3)13-18-7-9-22(28)20(11-18)15-26-17-27-16-21-12-19(8-10-23(21)29)14-25(4,5)6;2*1-2(3)4;/h7-12,15-16,28-29H,13-14,17H2,1-6H3;2*1H3,(H,3,4);/q;;;+2/p-2. The molecule has 38 heavy (non-hydrogen) atoms. The summed E-state index contributed by atoms with van der Waals surface area (Å²) in [5, 5.41) is 37.9. The van der Waals surface area contributed by atoms with Gasteiger partial charge in [0.2, 0.25) is 0 Å². The minimum absolute atomic E-state index is 0. The molecule has 0 saturated heterocycles. The predicted molar refractivity (Wildman–Crippen MR) is 144 cm³/mol. The number of aliphatic carboxylic acids is 2. The average Bonchev–Trinajstić information content (AvgIpc) is 2.69. The second-order valence-corrected chi connectivity index (χ2v) is 11.0. The van der Waals surface area contributed by atoms with Crippen LogP contribution >= 0.6 is 0 Å². The van der Waals surface area contributed by atoms with Gasteiger partial charge >= 0.3 is 16.8 Å². The normalized spacial score (nSPS) is 11.2. The molecule has 1 radical (unpaired) electrons. The molecule has 2 aromatic rings. The van der Waals surface area contributed by atoms with E-state index in [9.17, 15) is 10.2 Å². The fraction of sp³-hybridized carbons (Fsp3) is 0.448. The molecule has 0 saturated carbocycles. The van der Waals surface area contributed by atoms with Crippen molar-refractivity contribution in [2.75, 3.05) is 6.67 Å². The van der Waals surface area contributed by atoms with Crippen molar-refractivity contribution >= 4 is 24.4 Å². The molecule has 0 aromatic heterocycles. The Morgan fingerprint density at radius 3 is 1.29 bits per heavy atom. The van der Waals surface area contributed by atoms with Crippen molar-refractivity contribution in [3.63, 3.8) is 0 Å². The minimum atomic E-state index is -1.08. The molecule has 0 aliphatic rings. The number of nitrogens with zero attached hydrogens (tertiary/aromatic N) is 2. The van der Waals surface area contributed by atoms with E-state index in [1.807, 2.05) is 24.3 Å². The van der Waals surface area contributed by atoms with Crippen LogP contribution in [0.4, 0.5) is 0 Å². The van der Waals surface area contributed by atoms with E-state index in [0.717, 1.165) is 26.7 Å². The molecule has 2 N–H and O–H groups in total. The Morgan fingerprint density at radius 2 is 1.03 bits per heavy atom. The van der Waals surface area contributed by atoms with Gasteiger partial charge in [0.15, 0.2) is 0 Å². The van der Waals surface area contributed by atoms with Gasteiger partial charge in [-0.15, -0.1) is 0 Å². The molecule has 9 heteroatoms. The number of carboxylic acids is 2. The van der Waals surface area contributed by atoms with Gasteiger partial charge in [-0.25, -0.2) is 0 Å². The number of phenolic OH excluding ortho intramolecular Hbond substituents is 2. The summed E-state index contributed by atoms with van der Waals surface area (Å²) in [6.45, 7) is 15.3. The maximum atomic E-state index is 10.1. The van der Waals surface area contributed by atoms with Gasteiger partial charge in [-0.05, 0) is 72.9 Å². The second kappa shape index (κ2) is 17.4. The average molecular weight is 572 g/mol. The maximum absolute atomic E-state index is 10.1. The van der Waals surface area contributed by atoms with Crippen molar-refractivity contribution in [1.82, 2.24) is 0 Å². The number of benzene rings is 2. The van der Waals surface area contributed by atoms with Crippen molar-refractivity contribution in [1.29, 1.82) is 0 Å². The van der Waals surface area contributed by atoms with Crippen molar-refractivity contribution in [2.24, 2.45) is 20.8 Å². The van der Waals surface area contributed by atoms with Crippen LogP contribution in [0.2, 0.25) is 0 Å². The van der Waals surface area contributed by atoms with Gasteiger partial charge in [0.1, 0.15) is 18.2 Å². The van der Waals surface area contributed by atoms with E-state index in [-0.39, 0.29) is 45.8 Å². The third-order valence-corrected chi connectivity index (χ3v) is 4.28. The van der Waals surface area contributed by atoms with Gasteiger partial charge in [0, 0.05) is 35.5 Å². The summed E-state index contributed by atoms with van der Waals surface area (Å²) in [4.78, 5) is 26.4. The Balaban J connectivity index is 0.